The van der Waals surface area contributed by atoms with Crippen molar-refractivity contribution in [2.45, 2.75) is 25.7 Å². The normalized spacial score (nSPS) is 11.7. The van der Waals surface area contributed by atoms with E-state index in [4.69, 9.17) is 4.74 Å². The van der Waals surface area contributed by atoms with Crippen molar-refractivity contribution in [3.05, 3.63) is 34.2 Å². The number of carbonyl (C=O) groups is 1. The fourth-order valence-corrected chi connectivity index (χ4v) is 5.80. The van der Waals surface area contributed by atoms with Crippen LogP contribution in [0.1, 0.15) is 27.7 Å². The Balaban J connectivity index is 2.15. The molecule has 0 fully saturated rings. The summed E-state index contributed by atoms with van der Waals surface area (Å²) in [6.45, 7) is 5.56. The third-order valence-corrected chi connectivity index (χ3v) is 7.75. The van der Waals surface area contributed by atoms with Crippen molar-refractivity contribution in [3.63, 3.8) is 0 Å². The maximum Gasteiger partial charge on any atom is 0.341 e. The monoisotopic (exact) mass is 411 g/mol. The van der Waals surface area contributed by atoms with Crippen LogP contribution in [0.5, 0.6) is 0 Å². The molecule has 3 rings (SSSR count). The predicted molar refractivity (Wildman–Crippen MR) is 103 cm³/mol. The quantitative estimate of drug-likeness (QED) is 0.598. The van der Waals surface area contributed by atoms with E-state index in [0.29, 0.717) is 16.0 Å². The van der Waals surface area contributed by atoms with Crippen molar-refractivity contribution in [1.29, 1.82) is 0 Å². The van der Waals surface area contributed by atoms with Gasteiger partial charge in [0.1, 0.15) is 20.9 Å². The van der Waals surface area contributed by atoms with Gasteiger partial charge in [0.25, 0.3) is 10.0 Å². The van der Waals surface area contributed by atoms with Gasteiger partial charge in [-0.1, -0.05) is 6.07 Å². The van der Waals surface area contributed by atoms with Gasteiger partial charge >= 0.3 is 5.97 Å². The third kappa shape index (κ3) is 2.97. The van der Waals surface area contributed by atoms with E-state index in [2.05, 4.69) is 8.75 Å². The molecule has 10 heteroatoms. The summed E-state index contributed by atoms with van der Waals surface area (Å²) in [5.74, 6) is -0.528. The Bertz CT molecular complexity index is 1090. The van der Waals surface area contributed by atoms with Gasteiger partial charge < -0.3 is 4.74 Å². The van der Waals surface area contributed by atoms with Gasteiger partial charge in [0.05, 0.1) is 23.9 Å². The summed E-state index contributed by atoms with van der Waals surface area (Å²) in [6, 6.07) is 4.83. The molecule has 2 heterocycles. The molecular weight excluding hydrogens is 394 g/mol. The topological polar surface area (TPSA) is 89.5 Å². The Morgan fingerprint density at radius 1 is 1.27 bits per heavy atom. The average molecular weight is 412 g/mol. The number of aromatic nitrogens is 2. The molecule has 0 aliphatic heterocycles. The van der Waals surface area contributed by atoms with Gasteiger partial charge in [0.2, 0.25) is 0 Å². The third-order valence-electron chi connectivity index (χ3n) is 4.02. The number of benzene rings is 1. The van der Waals surface area contributed by atoms with E-state index in [-0.39, 0.29) is 17.1 Å². The Morgan fingerprint density at radius 3 is 2.69 bits per heavy atom. The standard InChI is InChI=1S/C16H17N3O4S3/c1-5-23-16(20)13-9(2)10(3)24-15(13)19(4)26(21,22)12-8-6-7-11-14(12)18-25-17-11/h6-8H,5H2,1-4H3. The first-order valence-electron chi connectivity index (χ1n) is 7.76. The van der Waals surface area contributed by atoms with E-state index in [0.717, 1.165) is 26.5 Å². The highest BCUT2D eigenvalue weighted by atomic mass is 32.2. The van der Waals surface area contributed by atoms with Crippen molar-refractivity contribution in [2.75, 3.05) is 18.0 Å². The predicted octanol–water partition coefficient (Wildman–Crippen LogP) is 3.37. The van der Waals surface area contributed by atoms with E-state index in [1.807, 2.05) is 6.92 Å². The van der Waals surface area contributed by atoms with Crippen LogP contribution in [0, 0.1) is 13.8 Å². The Labute approximate surface area is 159 Å². The summed E-state index contributed by atoms with van der Waals surface area (Å²) in [5, 5.41) is 0.332. The van der Waals surface area contributed by atoms with Gasteiger partial charge in [-0.3, -0.25) is 4.31 Å². The van der Waals surface area contributed by atoms with E-state index in [9.17, 15) is 13.2 Å². The lowest BCUT2D eigenvalue weighted by molar-refractivity contribution is 0.0527. The molecule has 0 amide bonds. The second kappa shape index (κ2) is 6.93. The summed E-state index contributed by atoms with van der Waals surface area (Å²) < 4.78 is 40.9. The first-order chi connectivity index (χ1) is 12.3. The van der Waals surface area contributed by atoms with Crippen LogP contribution >= 0.6 is 23.1 Å². The molecule has 0 N–H and O–H groups in total. The van der Waals surface area contributed by atoms with E-state index >= 15 is 0 Å². The molecule has 0 aliphatic rings. The van der Waals surface area contributed by atoms with Crippen molar-refractivity contribution in [3.8, 4) is 0 Å². The summed E-state index contributed by atoms with van der Waals surface area (Å²) in [7, 11) is -2.49. The number of thiophene rings is 1. The lowest BCUT2D eigenvalue weighted by atomic mass is 10.1. The summed E-state index contributed by atoms with van der Waals surface area (Å²) in [4.78, 5) is 13.3. The number of ether oxygens (including phenoxy) is 1. The van der Waals surface area contributed by atoms with Crippen LogP contribution < -0.4 is 4.31 Å². The minimum absolute atomic E-state index is 0.0600. The molecule has 26 heavy (non-hydrogen) atoms. The highest BCUT2D eigenvalue weighted by Crippen LogP contribution is 2.38. The Morgan fingerprint density at radius 2 is 2.00 bits per heavy atom. The number of carbonyl (C=O) groups excluding carboxylic acids is 1. The molecule has 1 aromatic carbocycles. The van der Waals surface area contributed by atoms with E-state index in [1.165, 1.54) is 24.5 Å². The SMILES string of the molecule is CCOC(=O)c1c(N(C)S(=O)(=O)c2cccc3nsnc23)sc(C)c1C. The van der Waals surface area contributed by atoms with Crippen LogP contribution in [0.4, 0.5) is 5.00 Å². The number of aryl methyl sites for hydroxylation is 1. The first kappa shape index (κ1) is 18.7. The van der Waals surface area contributed by atoms with Crippen molar-refractivity contribution in [1.82, 2.24) is 8.75 Å². The van der Waals surface area contributed by atoms with Gasteiger partial charge in [-0.25, -0.2) is 13.2 Å². The van der Waals surface area contributed by atoms with Crippen LogP contribution in [-0.4, -0.2) is 36.8 Å². The number of esters is 1. The van der Waals surface area contributed by atoms with Gasteiger partial charge in [-0.05, 0) is 38.5 Å². The Hall–Kier alpha value is -2.04. The highest BCUT2D eigenvalue weighted by molar-refractivity contribution is 7.93. The molecule has 0 unspecified atom stereocenters. The van der Waals surface area contributed by atoms with Crippen LogP contribution in [0.15, 0.2) is 23.1 Å². The van der Waals surface area contributed by atoms with Crippen LogP contribution in [0.3, 0.4) is 0 Å². The molecule has 0 radical (unpaired) electrons. The second-order valence-corrected chi connectivity index (χ2v) is 9.21. The van der Waals surface area contributed by atoms with Crippen LogP contribution in [-0.2, 0) is 14.8 Å². The molecule has 3 aromatic rings. The lowest BCUT2D eigenvalue weighted by Crippen LogP contribution is -2.27. The smallest absolute Gasteiger partial charge is 0.341 e. The van der Waals surface area contributed by atoms with Gasteiger partial charge in [-0.2, -0.15) is 8.75 Å². The van der Waals surface area contributed by atoms with Gasteiger partial charge in [0.15, 0.2) is 0 Å². The molecule has 0 atom stereocenters. The van der Waals surface area contributed by atoms with E-state index in [1.54, 1.807) is 26.0 Å². The molecule has 0 saturated carbocycles. The maximum atomic E-state index is 13.2. The highest BCUT2D eigenvalue weighted by Gasteiger charge is 2.31. The first-order valence-corrected chi connectivity index (χ1v) is 10.7. The number of fused-ring (bicyclic) bond motifs is 1. The van der Waals surface area contributed by atoms with E-state index < -0.39 is 16.0 Å². The number of hydrogen-bond acceptors (Lipinski definition) is 8. The fraction of sp³-hybridized carbons (Fsp3) is 0.312. The number of nitrogens with zero attached hydrogens (tertiary/aromatic N) is 3. The van der Waals surface area contributed by atoms with Crippen LogP contribution in [0.2, 0.25) is 0 Å². The zero-order valence-corrected chi connectivity index (χ0v) is 17.1. The summed E-state index contributed by atoms with van der Waals surface area (Å²) >= 11 is 2.20. The van der Waals surface area contributed by atoms with Crippen LogP contribution in [0.25, 0.3) is 11.0 Å². The van der Waals surface area contributed by atoms with Crippen molar-refractivity contribution in [2.24, 2.45) is 0 Å². The molecular formula is C16H17N3O4S3. The molecule has 2 aromatic heterocycles. The fourth-order valence-electron chi connectivity index (χ4n) is 2.52. The number of rotatable bonds is 5. The second-order valence-electron chi connectivity index (χ2n) is 5.54. The largest absolute Gasteiger partial charge is 0.462 e. The minimum Gasteiger partial charge on any atom is -0.462 e. The molecule has 0 bridgehead atoms. The lowest BCUT2D eigenvalue weighted by Gasteiger charge is -2.19. The minimum atomic E-state index is -3.92. The summed E-state index contributed by atoms with van der Waals surface area (Å²) in [6.07, 6.45) is 0. The zero-order valence-electron chi connectivity index (χ0n) is 14.6. The maximum absolute atomic E-state index is 13.2. The molecule has 0 spiro atoms. The number of anilines is 1. The molecule has 0 aliphatic carbocycles. The number of hydrogen-bond donors (Lipinski definition) is 0. The van der Waals surface area contributed by atoms with Gasteiger partial charge in [0, 0.05) is 11.9 Å². The molecule has 7 nitrogen and oxygen atoms in total. The van der Waals surface area contributed by atoms with Gasteiger partial charge in [-0.15, -0.1) is 11.3 Å². The Kier molecular flexibility index (Phi) is 5.00. The molecule has 138 valence electrons. The average Bonchev–Trinajstić information content (AvgIpc) is 3.19. The van der Waals surface area contributed by atoms with Crippen molar-refractivity contribution >= 4 is 55.1 Å². The summed E-state index contributed by atoms with van der Waals surface area (Å²) in [5.41, 5.74) is 1.85. The molecule has 0 saturated heterocycles. The van der Waals surface area contributed by atoms with Crippen molar-refractivity contribution < 1.29 is 17.9 Å². The number of sulfonamides is 1. The zero-order chi connectivity index (χ0) is 19.1.